The standard InChI is InChI=1S/C30H41FN4O/c1-3-5-20-34(21-6-4-2)30(36)25-13-16-27-28(23-25)35(22-10-19-33-17-8-7-9-18-33)29(32-27)24-11-14-26(31)15-12-24/h11-16,23H,3-10,17-22H2,1-2H3. The second-order valence-corrected chi connectivity index (χ2v) is 10.1. The van der Waals surface area contributed by atoms with Gasteiger partial charge < -0.3 is 14.4 Å². The fraction of sp³-hybridized carbons (Fsp3) is 0.533. The van der Waals surface area contributed by atoms with Crippen LogP contribution in [0.1, 0.15) is 75.6 Å². The third-order valence-electron chi connectivity index (χ3n) is 7.25. The predicted octanol–water partition coefficient (Wildman–Crippen LogP) is 6.76. The minimum atomic E-state index is -0.251. The summed E-state index contributed by atoms with van der Waals surface area (Å²) in [7, 11) is 0. The molecule has 0 spiro atoms. The molecule has 1 aliphatic rings. The van der Waals surface area contributed by atoms with Crippen molar-refractivity contribution in [2.24, 2.45) is 0 Å². The summed E-state index contributed by atoms with van der Waals surface area (Å²) >= 11 is 0. The normalized spacial score (nSPS) is 14.4. The quantitative estimate of drug-likeness (QED) is 0.280. The van der Waals surface area contributed by atoms with E-state index in [1.807, 2.05) is 23.1 Å². The molecule has 0 atom stereocenters. The number of nitrogens with zero attached hydrogens (tertiary/aromatic N) is 4. The number of rotatable bonds is 12. The number of hydrogen-bond donors (Lipinski definition) is 0. The first kappa shape index (κ1) is 26.3. The zero-order valence-electron chi connectivity index (χ0n) is 22.0. The maximum absolute atomic E-state index is 13.6. The number of halogens is 1. The molecule has 1 amide bonds. The van der Waals surface area contributed by atoms with Gasteiger partial charge in [0.1, 0.15) is 11.6 Å². The van der Waals surface area contributed by atoms with Crippen LogP contribution in [0.3, 0.4) is 0 Å². The summed E-state index contributed by atoms with van der Waals surface area (Å²) in [6.45, 7) is 10.1. The van der Waals surface area contributed by atoms with Gasteiger partial charge in [0.2, 0.25) is 0 Å². The lowest BCUT2D eigenvalue weighted by Crippen LogP contribution is -2.33. The first-order chi connectivity index (χ1) is 17.6. The van der Waals surface area contributed by atoms with Crippen LogP contribution in [0.5, 0.6) is 0 Å². The first-order valence-electron chi connectivity index (χ1n) is 13.9. The van der Waals surface area contributed by atoms with Gasteiger partial charge in [0.05, 0.1) is 11.0 Å². The summed E-state index contributed by atoms with van der Waals surface area (Å²) in [5.41, 5.74) is 3.46. The van der Waals surface area contributed by atoms with Crippen LogP contribution in [-0.2, 0) is 6.54 Å². The molecule has 4 rings (SSSR count). The summed E-state index contributed by atoms with van der Waals surface area (Å²) in [5.74, 6) is 0.684. The van der Waals surface area contributed by atoms with Gasteiger partial charge in [0.25, 0.3) is 5.91 Å². The lowest BCUT2D eigenvalue weighted by Gasteiger charge is -2.26. The van der Waals surface area contributed by atoms with Gasteiger partial charge in [-0.15, -0.1) is 0 Å². The van der Waals surface area contributed by atoms with E-state index in [2.05, 4.69) is 23.3 Å². The number of carbonyl (C=O) groups is 1. The Morgan fingerprint density at radius 2 is 1.61 bits per heavy atom. The molecule has 36 heavy (non-hydrogen) atoms. The van der Waals surface area contributed by atoms with Crippen molar-refractivity contribution >= 4 is 16.9 Å². The minimum absolute atomic E-state index is 0.100. The minimum Gasteiger partial charge on any atom is -0.339 e. The van der Waals surface area contributed by atoms with Crippen molar-refractivity contribution in [3.63, 3.8) is 0 Å². The molecule has 1 saturated heterocycles. The number of aromatic nitrogens is 2. The predicted molar refractivity (Wildman–Crippen MR) is 146 cm³/mol. The summed E-state index contributed by atoms with van der Waals surface area (Å²) < 4.78 is 15.9. The van der Waals surface area contributed by atoms with Crippen LogP contribution in [0.2, 0.25) is 0 Å². The van der Waals surface area contributed by atoms with E-state index in [-0.39, 0.29) is 11.7 Å². The molecule has 0 aliphatic carbocycles. The lowest BCUT2D eigenvalue weighted by molar-refractivity contribution is 0.0751. The van der Waals surface area contributed by atoms with Gasteiger partial charge >= 0.3 is 0 Å². The Bertz CT molecular complexity index is 1110. The zero-order valence-corrected chi connectivity index (χ0v) is 22.0. The molecule has 0 bridgehead atoms. The SMILES string of the molecule is CCCCN(CCCC)C(=O)c1ccc2nc(-c3ccc(F)cc3)n(CCCN3CCCCC3)c2c1. The molecule has 0 radical (unpaired) electrons. The molecule has 1 aliphatic heterocycles. The van der Waals surface area contributed by atoms with Gasteiger partial charge in [-0.3, -0.25) is 4.79 Å². The number of piperidine rings is 1. The van der Waals surface area contributed by atoms with Gasteiger partial charge in [-0.25, -0.2) is 9.37 Å². The number of imidazole rings is 1. The Kier molecular flexibility index (Phi) is 9.51. The Balaban J connectivity index is 1.64. The van der Waals surface area contributed by atoms with Crippen molar-refractivity contribution in [1.29, 1.82) is 0 Å². The van der Waals surface area contributed by atoms with E-state index in [1.54, 1.807) is 12.1 Å². The molecule has 2 aromatic carbocycles. The van der Waals surface area contributed by atoms with Gasteiger partial charge in [-0.1, -0.05) is 33.1 Å². The molecule has 0 unspecified atom stereocenters. The molecule has 1 aromatic heterocycles. The highest BCUT2D eigenvalue weighted by Gasteiger charge is 2.19. The molecular weight excluding hydrogens is 451 g/mol. The number of unbranched alkanes of at least 4 members (excludes halogenated alkanes) is 2. The lowest BCUT2D eigenvalue weighted by atomic mass is 10.1. The average molecular weight is 493 g/mol. The van der Waals surface area contributed by atoms with Crippen molar-refractivity contribution in [2.45, 2.75) is 71.8 Å². The number of likely N-dealkylation sites (tertiary alicyclic amines) is 1. The van der Waals surface area contributed by atoms with Crippen LogP contribution in [0.4, 0.5) is 4.39 Å². The summed E-state index contributed by atoms with van der Waals surface area (Å²) in [5, 5.41) is 0. The monoisotopic (exact) mass is 492 g/mol. The highest BCUT2D eigenvalue weighted by molar-refractivity contribution is 5.98. The third kappa shape index (κ3) is 6.52. The van der Waals surface area contributed by atoms with E-state index >= 15 is 0 Å². The van der Waals surface area contributed by atoms with Gasteiger partial charge in [0.15, 0.2) is 0 Å². The van der Waals surface area contributed by atoms with Crippen molar-refractivity contribution in [3.05, 3.63) is 53.8 Å². The van der Waals surface area contributed by atoms with Crippen molar-refractivity contribution in [2.75, 3.05) is 32.7 Å². The number of fused-ring (bicyclic) bond motifs is 1. The first-order valence-corrected chi connectivity index (χ1v) is 13.9. The molecule has 0 saturated carbocycles. The molecule has 3 aromatic rings. The van der Waals surface area contributed by atoms with E-state index < -0.39 is 0 Å². The van der Waals surface area contributed by atoms with Crippen LogP contribution in [0.25, 0.3) is 22.4 Å². The molecule has 1 fully saturated rings. The van der Waals surface area contributed by atoms with Crippen LogP contribution < -0.4 is 0 Å². The molecule has 0 N–H and O–H groups in total. The number of carbonyl (C=O) groups excluding carboxylic acids is 1. The molecular formula is C30H41FN4O. The maximum atomic E-state index is 13.6. The van der Waals surface area contributed by atoms with E-state index in [0.29, 0.717) is 0 Å². The average Bonchev–Trinajstić information content (AvgIpc) is 3.27. The van der Waals surface area contributed by atoms with Crippen molar-refractivity contribution in [3.8, 4) is 11.4 Å². The van der Waals surface area contributed by atoms with E-state index in [0.717, 1.165) is 86.3 Å². The smallest absolute Gasteiger partial charge is 0.253 e. The summed E-state index contributed by atoms with van der Waals surface area (Å²) in [6.07, 6.45) is 9.08. The summed E-state index contributed by atoms with van der Waals surface area (Å²) in [6, 6.07) is 12.5. The number of aryl methyl sites for hydroxylation is 1. The van der Waals surface area contributed by atoms with E-state index in [9.17, 15) is 9.18 Å². The second-order valence-electron chi connectivity index (χ2n) is 10.1. The van der Waals surface area contributed by atoms with Gasteiger partial charge in [0, 0.05) is 30.8 Å². The van der Waals surface area contributed by atoms with Gasteiger partial charge in [-0.2, -0.15) is 0 Å². The second kappa shape index (κ2) is 13.0. The maximum Gasteiger partial charge on any atom is 0.253 e. The van der Waals surface area contributed by atoms with E-state index in [1.165, 1.54) is 44.5 Å². The number of amides is 1. The highest BCUT2D eigenvalue weighted by Crippen LogP contribution is 2.27. The topological polar surface area (TPSA) is 41.4 Å². The fourth-order valence-corrected chi connectivity index (χ4v) is 5.13. The Labute approximate surface area is 215 Å². The fourth-order valence-electron chi connectivity index (χ4n) is 5.13. The van der Waals surface area contributed by atoms with Crippen LogP contribution in [0.15, 0.2) is 42.5 Å². The van der Waals surface area contributed by atoms with Crippen LogP contribution in [-0.4, -0.2) is 58.0 Å². The Hall–Kier alpha value is -2.73. The molecule has 194 valence electrons. The highest BCUT2D eigenvalue weighted by atomic mass is 19.1. The number of hydrogen-bond acceptors (Lipinski definition) is 3. The van der Waals surface area contributed by atoms with Crippen LogP contribution >= 0.6 is 0 Å². The van der Waals surface area contributed by atoms with Crippen LogP contribution in [0, 0.1) is 5.82 Å². The molecule has 6 heteroatoms. The molecule has 2 heterocycles. The van der Waals surface area contributed by atoms with Gasteiger partial charge in [-0.05, 0) is 94.2 Å². The molecule has 5 nitrogen and oxygen atoms in total. The largest absolute Gasteiger partial charge is 0.339 e. The Morgan fingerprint density at radius 1 is 0.917 bits per heavy atom. The zero-order chi connectivity index (χ0) is 25.3. The third-order valence-corrected chi connectivity index (χ3v) is 7.25. The van der Waals surface area contributed by atoms with Crippen molar-refractivity contribution in [1.82, 2.24) is 19.4 Å². The summed E-state index contributed by atoms with van der Waals surface area (Å²) in [4.78, 5) is 23.0. The Morgan fingerprint density at radius 3 is 2.28 bits per heavy atom. The number of benzene rings is 2. The van der Waals surface area contributed by atoms with Crippen molar-refractivity contribution < 1.29 is 9.18 Å². The van der Waals surface area contributed by atoms with E-state index in [4.69, 9.17) is 4.98 Å².